The zero-order valence-electron chi connectivity index (χ0n) is 14.3. The molecular weight excluding hydrogens is 375 g/mol. The molecule has 0 unspecified atom stereocenters. The monoisotopic (exact) mass is 393 g/mol. The van der Waals surface area contributed by atoms with Gasteiger partial charge in [0, 0.05) is 46.9 Å². The minimum absolute atomic E-state index is 0.168. The minimum Gasteiger partial charge on any atom is -0.370 e. The van der Waals surface area contributed by atoms with Crippen molar-refractivity contribution in [2.45, 2.75) is 24.2 Å². The van der Waals surface area contributed by atoms with E-state index >= 15 is 0 Å². The van der Waals surface area contributed by atoms with Crippen LogP contribution in [0.25, 0.3) is 22.0 Å². The molecule has 0 saturated carbocycles. The third-order valence-corrected chi connectivity index (χ3v) is 5.01. The van der Waals surface area contributed by atoms with E-state index in [0.29, 0.717) is 22.5 Å². The number of hydrogen-bond donors (Lipinski definition) is 3. The van der Waals surface area contributed by atoms with Crippen LogP contribution in [-0.2, 0) is 11.2 Å². The van der Waals surface area contributed by atoms with E-state index in [1.54, 1.807) is 24.4 Å². The first-order chi connectivity index (χ1) is 12.9. The van der Waals surface area contributed by atoms with Gasteiger partial charge < -0.3 is 10.7 Å². The van der Waals surface area contributed by atoms with Crippen LogP contribution >= 0.6 is 11.9 Å². The van der Waals surface area contributed by atoms with E-state index in [-0.39, 0.29) is 18.7 Å². The van der Waals surface area contributed by atoms with E-state index in [1.807, 2.05) is 6.07 Å². The lowest BCUT2D eigenvalue weighted by Gasteiger charge is -2.12. The van der Waals surface area contributed by atoms with E-state index in [0.717, 1.165) is 16.5 Å². The minimum atomic E-state index is -2.48. The zero-order chi connectivity index (χ0) is 19.4. The average Bonchev–Trinajstić information content (AvgIpc) is 3.02. The SMILES string of the molecule is NC(=O)CCNSc1ccc(-c2c[nH]c3cc(F)ccc23)cc1CC(F)F. The summed E-state index contributed by atoms with van der Waals surface area (Å²) >= 11 is 1.19. The maximum Gasteiger partial charge on any atom is 0.242 e. The summed E-state index contributed by atoms with van der Waals surface area (Å²) in [5.74, 6) is -0.773. The lowest BCUT2D eigenvalue weighted by molar-refractivity contribution is -0.117. The van der Waals surface area contributed by atoms with Gasteiger partial charge in [-0.2, -0.15) is 0 Å². The molecule has 2 aromatic carbocycles. The van der Waals surface area contributed by atoms with Crippen LogP contribution in [0.1, 0.15) is 12.0 Å². The molecule has 0 saturated heterocycles. The Bertz CT molecular complexity index is 959. The Hall–Kier alpha value is -2.45. The van der Waals surface area contributed by atoms with E-state index in [1.165, 1.54) is 24.1 Å². The quantitative estimate of drug-likeness (QED) is 0.396. The Morgan fingerprint density at radius 2 is 2.04 bits per heavy atom. The molecule has 4 nitrogen and oxygen atoms in total. The first kappa shape index (κ1) is 19.3. The van der Waals surface area contributed by atoms with Gasteiger partial charge in [0.05, 0.1) is 0 Å². The van der Waals surface area contributed by atoms with Gasteiger partial charge in [-0.05, 0) is 53.4 Å². The fraction of sp³-hybridized carbons (Fsp3) is 0.211. The number of aromatic amines is 1. The number of H-pyrrole nitrogens is 1. The summed E-state index contributed by atoms with van der Waals surface area (Å²) < 4.78 is 42.4. The van der Waals surface area contributed by atoms with Crippen LogP contribution in [0.4, 0.5) is 13.2 Å². The molecule has 8 heteroatoms. The lowest BCUT2D eigenvalue weighted by atomic mass is 10.0. The molecule has 0 aliphatic carbocycles. The van der Waals surface area contributed by atoms with Gasteiger partial charge in [0.15, 0.2) is 0 Å². The second-order valence-electron chi connectivity index (χ2n) is 6.02. The van der Waals surface area contributed by atoms with Gasteiger partial charge in [-0.3, -0.25) is 9.52 Å². The summed E-state index contributed by atoms with van der Waals surface area (Å²) in [5, 5.41) is 0.819. The summed E-state index contributed by atoms with van der Waals surface area (Å²) in [4.78, 5) is 14.4. The number of fused-ring (bicyclic) bond motifs is 1. The predicted molar refractivity (Wildman–Crippen MR) is 101 cm³/mol. The van der Waals surface area contributed by atoms with Gasteiger partial charge in [0.2, 0.25) is 12.3 Å². The molecule has 27 heavy (non-hydrogen) atoms. The van der Waals surface area contributed by atoms with Crippen LogP contribution < -0.4 is 10.5 Å². The molecule has 0 bridgehead atoms. The molecule has 3 aromatic rings. The van der Waals surface area contributed by atoms with Crippen LogP contribution in [0.5, 0.6) is 0 Å². The molecule has 1 aromatic heterocycles. The Morgan fingerprint density at radius 3 is 2.78 bits per heavy atom. The highest BCUT2D eigenvalue weighted by Gasteiger charge is 2.14. The summed E-state index contributed by atoms with van der Waals surface area (Å²) in [6.07, 6.45) is -0.961. The van der Waals surface area contributed by atoms with Gasteiger partial charge in [0.25, 0.3) is 0 Å². The second-order valence-corrected chi connectivity index (χ2v) is 6.96. The first-order valence-corrected chi connectivity index (χ1v) is 9.12. The van der Waals surface area contributed by atoms with Crippen molar-refractivity contribution in [2.75, 3.05) is 6.54 Å². The van der Waals surface area contributed by atoms with Crippen LogP contribution in [0.15, 0.2) is 47.5 Å². The summed E-state index contributed by atoms with van der Waals surface area (Å²) in [5.41, 5.74) is 7.81. The van der Waals surface area contributed by atoms with E-state index in [4.69, 9.17) is 5.73 Å². The molecule has 1 amide bonds. The van der Waals surface area contributed by atoms with Crippen molar-refractivity contribution in [1.29, 1.82) is 0 Å². The third kappa shape index (κ3) is 4.84. The number of alkyl halides is 2. The molecule has 0 aliphatic heterocycles. The number of nitrogens with two attached hydrogens (primary N) is 1. The maximum atomic E-state index is 13.4. The number of halogens is 3. The van der Waals surface area contributed by atoms with Crippen LogP contribution in [0.3, 0.4) is 0 Å². The smallest absolute Gasteiger partial charge is 0.242 e. The average molecular weight is 393 g/mol. The van der Waals surface area contributed by atoms with Crippen molar-refractivity contribution >= 4 is 28.8 Å². The Balaban J connectivity index is 1.88. The molecule has 0 radical (unpaired) electrons. The standard InChI is InChI=1S/C19H18F3N3OS/c20-13-2-3-14-15(10-24-16(14)9-13)11-1-4-17(12(7-11)8-18(21)22)27-25-6-5-19(23)26/h1-4,7,9-10,18,24-25H,5-6,8H2,(H2,23,26). The van der Waals surface area contributed by atoms with Crippen LogP contribution in [0, 0.1) is 5.82 Å². The number of carbonyl (C=O) groups excluding carboxylic acids is 1. The lowest BCUT2D eigenvalue weighted by Crippen LogP contribution is -2.17. The molecule has 1 heterocycles. The Kier molecular flexibility index (Phi) is 6.08. The van der Waals surface area contributed by atoms with Gasteiger partial charge >= 0.3 is 0 Å². The largest absolute Gasteiger partial charge is 0.370 e. The van der Waals surface area contributed by atoms with Gasteiger partial charge in [-0.15, -0.1) is 0 Å². The van der Waals surface area contributed by atoms with Gasteiger partial charge in [-0.1, -0.05) is 6.07 Å². The second kappa shape index (κ2) is 8.49. The fourth-order valence-corrected chi connectivity index (χ4v) is 3.58. The predicted octanol–water partition coefficient (Wildman–Crippen LogP) is 4.25. The molecular formula is C19H18F3N3OS. The summed E-state index contributed by atoms with van der Waals surface area (Å²) in [6.45, 7) is 0.351. The number of aromatic nitrogens is 1. The van der Waals surface area contributed by atoms with Gasteiger partial charge in [0.1, 0.15) is 5.82 Å². The topological polar surface area (TPSA) is 70.9 Å². The number of carbonyl (C=O) groups is 1. The van der Waals surface area contributed by atoms with Crippen molar-refractivity contribution in [3.05, 3.63) is 54.0 Å². The summed E-state index contributed by atoms with van der Waals surface area (Å²) in [6, 6.07) is 9.74. The number of nitrogens with one attached hydrogen (secondary N) is 2. The van der Waals surface area contributed by atoms with Gasteiger partial charge in [-0.25, -0.2) is 13.2 Å². The zero-order valence-corrected chi connectivity index (χ0v) is 15.1. The number of amides is 1. The molecule has 0 fully saturated rings. The number of hydrogen-bond acceptors (Lipinski definition) is 3. The van der Waals surface area contributed by atoms with E-state index in [2.05, 4.69) is 9.71 Å². The fourth-order valence-electron chi connectivity index (χ4n) is 2.81. The van der Waals surface area contributed by atoms with Crippen molar-refractivity contribution < 1.29 is 18.0 Å². The van der Waals surface area contributed by atoms with Crippen molar-refractivity contribution in [3.8, 4) is 11.1 Å². The molecule has 3 rings (SSSR count). The normalized spacial score (nSPS) is 11.4. The van der Waals surface area contributed by atoms with E-state index in [9.17, 15) is 18.0 Å². The van der Waals surface area contributed by atoms with Crippen LogP contribution in [0.2, 0.25) is 0 Å². The Labute approximate surface area is 158 Å². The number of benzene rings is 2. The Morgan fingerprint density at radius 1 is 1.22 bits per heavy atom. The molecule has 0 spiro atoms. The molecule has 4 N–H and O–H groups in total. The van der Waals surface area contributed by atoms with E-state index < -0.39 is 12.3 Å². The van der Waals surface area contributed by atoms with Crippen molar-refractivity contribution in [1.82, 2.24) is 9.71 Å². The maximum absolute atomic E-state index is 13.4. The van der Waals surface area contributed by atoms with Crippen LogP contribution in [-0.4, -0.2) is 23.9 Å². The number of rotatable bonds is 8. The highest BCUT2D eigenvalue weighted by atomic mass is 32.2. The van der Waals surface area contributed by atoms with Crippen molar-refractivity contribution in [2.24, 2.45) is 5.73 Å². The number of primary amides is 1. The molecule has 0 aliphatic rings. The highest BCUT2D eigenvalue weighted by Crippen LogP contribution is 2.33. The molecule has 0 atom stereocenters. The van der Waals surface area contributed by atoms with Crippen molar-refractivity contribution in [3.63, 3.8) is 0 Å². The highest BCUT2D eigenvalue weighted by molar-refractivity contribution is 7.97. The molecule has 142 valence electrons. The third-order valence-electron chi connectivity index (χ3n) is 4.05. The summed E-state index contributed by atoms with van der Waals surface area (Å²) in [7, 11) is 0. The first-order valence-electron chi connectivity index (χ1n) is 8.30.